The molecule has 0 spiro atoms. The van der Waals surface area contributed by atoms with Crippen molar-refractivity contribution < 1.29 is 32.3 Å². The van der Waals surface area contributed by atoms with E-state index in [1.807, 2.05) is 12.1 Å². The van der Waals surface area contributed by atoms with Gasteiger partial charge in [0.2, 0.25) is 5.82 Å². The van der Waals surface area contributed by atoms with Crippen LogP contribution in [-0.4, -0.2) is 43.5 Å². The highest BCUT2D eigenvalue weighted by molar-refractivity contribution is 6.33. The number of rotatable bonds is 8. The van der Waals surface area contributed by atoms with Crippen molar-refractivity contribution in [1.29, 1.82) is 0 Å². The monoisotopic (exact) mass is 508 g/mol. The number of benzene rings is 3. The summed E-state index contributed by atoms with van der Waals surface area (Å²) in [5, 5.41) is 16.4. The molecule has 0 aliphatic rings. The van der Waals surface area contributed by atoms with Crippen LogP contribution < -0.4 is 14.5 Å². The molecule has 2 N–H and O–H groups in total. The van der Waals surface area contributed by atoms with Crippen LogP contribution >= 0.6 is 0 Å². The van der Waals surface area contributed by atoms with Crippen molar-refractivity contribution in [3.63, 3.8) is 0 Å². The maximum absolute atomic E-state index is 12.7. The molecular formula is C26H33BF4N2O3. The molecule has 0 bridgehead atoms. The van der Waals surface area contributed by atoms with Gasteiger partial charge in [0, 0.05) is 43.6 Å². The Balaban J connectivity index is 0.000000273. The summed E-state index contributed by atoms with van der Waals surface area (Å²) in [7, 11) is -2.52. The van der Waals surface area contributed by atoms with Crippen LogP contribution in [0.15, 0.2) is 66.7 Å². The van der Waals surface area contributed by atoms with E-state index in [0.29, 0.717) is 0 Å². The summed E-state index contributed by atoms with van der Waals surface area (Å²) in [5.74, 6) is -8.62. The van der Waals surface area contributed by atoms with Crippen LogP contribution in [0.1, 0.15) is 27.7 Å². The largest absolute Gasteiger partial charge is 0.707 e. The second-order valence-electron chi connectivity index (χ2n) is 7.26. The summed E-state index contributed by atoms with van der Waals surface area (Å²) in [5.41, 5.74) is 2.63. The first-order chi connectivity index (χ1) is 17.2. The van der Waals surface area contributed by atoms with Crippen molar-refractivity contribution in [2.45, 2.75) is 27.7 Å². The molecule has 0 radical (unpaired) electrons. The van der Waals surface area contributed by atoms with Crippen molar-refractivity contribution in [2.24, 2.45) is 0 Å². The lowest BCUT2D eigenvalue weighted by Gasteiger charge is -2.20. The Bertz CT molecular complexity index is 960. The Morgan fingerprint density at radius 3 is 1.36 bits per heavy atom. The van der Waals surface area contributed by atoms with Crippen LogP contribution in [0.25, 0.3) is 0 Å². The lowest BCUT2D eigenvalue weighted by atomic mass is 10.2. The van der Waals surface area contributed by atoms with Gasteiger partial charge in [-0.1, -0.05) is 36.4 Å². The van der Waals surface area contributed by atoms with Gasteiger partial charge in [-0.3, -0.25) is 0 Å². The fraction of sp³-hybridized carbons (Fsp3) is 0.308. The van der Waals surface area contributed by atoms with E-state index in [1.54, 1.807) is 0 Å². The predicted molar refractivity (Wildman–Crippen MR) is 137 cm³/mol. The third-order valence-corrected chi connectivity index (χ3v) is 5.06. The zero-order valence-corrected chi connectivity index (χ0v) is 21.0. The van der Waals surface area contributed by atoms with Crippen molar-refractivity contribution >= 4 is 18.7 Å². The summed E-state index contributed by atoms with van der Waals surface area (Å²) in [4.78, 5) is 4.67. The van der Waals surface area contributed by atoms with Gasteiger partial charge in [-0.2, -0.15) is 4.39 Å². The van der Waals surface area contributed by atoms with E-state index in [2.05, 4.69) is 90.7 Å². The summed E-state index contributed by atoms with van der Waals surface area (Å²) >= 11 is 0. The standard InChI is InChI=1S/2C10H15N.C6H3BF4O3/c2*1-3-11(4-2)10-8-6-5-7-9-10;8-2-1-3(9)6(14-7(12)13)5(11)4(2)10/h2*5-9H,3-4H2,1-2H3;1,12-13H. The van der Waals surface area contributed by atoms with Crippen LogP contribution in [0, 0.1) is 23.3 Å². The summed E-state index contributed by atoms with van der Waals surface area (Å²) in [6.07, 6.45) is 0. The van der Waals surface area contributed by atoms with Gasteiger partial charge >= 0.3 is 7.32 Å². The molecule has 0 heterocycles. The molecule has 36 heavy (non-hydrogen) atoms. The highest BCUT2D eigenvalue weighted by atomic mass is 19.2. The van der Waals surface area contributed by atoms with Crippen LogP contribution in [0.4, 0.5) is 28.9 Å². The molecule has 10 heteroatoms. The fourth-order valence-corrected chi connectivity index (χ4v) is 3.22. The fourth-order valence-electron chi connectivity index (χ4n) is 3.22. The third kappa shape index (κ3) is 9.79. The molecule has 0 atom stereocenters. The minimum Gasteiger partial charge on any atom is -0.507 e. The second kappa shape index (κ2) is 16.4. The zero-order valence-electron chi connectivity index (χ0n) is 21.0. The smallest absolute Gasteiger partial charge is 0.507 e. The summed E-state index contributed by atoms with van der Waals surface area (Å²) < 4.78 is 53.9. The number of para-hydroxylation sites is 2. The molecule has 0 saturated carbocycles. The Kier molecular flexibility index (Phi) is 14.1. The molecule has 0 saturated heterocycles. The Morgan fingerprint density at radius 2 is 1.03 bits per heavy atom. The summed E-state index contributed by atoms with van der Waals surface area (Å²) in [6, 6.07) is 21.0. The second-order valence-corrected chi connectivity index (χ2v) is 7.26. The minimum absolute atomic E-state index is 0.0239. The highest BCUT2D eigenvalue weighted by Gasteiger charge is 2.24. The van der Waals surface area contributed by atoms with Gasteiger partial charge in [0.05, 0.1) is 0 Å². The molecule has 0 fully saturated rings. The van der Waals surface area contributed by atoms with Gasteiger partial charge in [-0.05, 0) is 52.0 Å². The molecule has 0 aromatic heterocycles. The third-order valence-electron chi connectivity index (χ3n) is 5.06. The molecular weight excluding hydrogens is 475 g/mol. The van der Waals surface area contributed by atoms with E-state index in [1.165, 1.54) is 11.4 Å². The maximum atomic E-state index is 12.7. The summed E-state index contributed by atoms with van der Waals surface area (Å²) in [6.45, 7) is 13.0. The van der Waals surface area contributed by atoms with E-state index in [9.17, 15) is 17.6 Å². The first-order valence-corrected chi connectivity index (χ1v) is 11.7. The molecule has 196 valence electrons. The number of hydrogen-bond acceptors (Lipinski definition) is 5. The Morgan fingerprint density at radius 1 is 0.639 bits per heavy atom. The Labute approximate surface area is 210 Å². The molecule has 0 amide bonds. The van der Waals surface area contributed by atoms with E-state index in [4.69, 9.17) is 10.0 Å². The van der Waals surface area contributed by atoms with E-state index in [0.717, 1.165) is 26.2 Å². The van der Waals surface area contributed by atoms with Crippen molar-refractivity contribution in [1.82, 2.24) is 0 Å². The van der Waals surface area contributed by atoms with E-state index >= 15 is 0 Å². The lowest BCUT2D eigenvalue weighted by molar-refractivity contribution is 0.269. The SMILES string of the molecule is CCN(CC)c1ccccc1.CCN(CC)c1ccccc1.OB(O)Oc1c(F)cc(F)c(F)c1F. The molecule has 0 aliphatic carbocycles. The highest BCUT2D eigenvalue weighted by Crippen LogP contribution is 2.26. The number of halogens is 4. The molecule has 0 aliphatic heterocycles. The molecule has 3 aromatic rings. The van der Waals surface area contributed by atoms with Crippen LogP contribution in [-0.2, 0) is 0 Å². The van der Waals surface area contributed by atoms with E-state index < -0.39 is 36.3 Å². The molecule has 0 unspecified atom stereocenters. The van der Waals surface area contributed by atoms with Crippen LogP contribution in [0.3, 0.4) is 0 Å². The van der Waals surface area contributed by atoms with Crippen LogP contribution in [0.2, 0.25) is 0 Å². The Hall–Kier alpha value is -3.24. The quantitative estimate of drug-likeness (QED) is 0.178. The van der Waals surface area contributed by atoms with Crippen molar-refractivity contribution in [3.8, 4) is 5.75 Å². The zero-order chi connectivity index (χ0) is 27.1. The number of nitrogens with zero attached hydrogens (tertiary/aromatic N) is 2. The van der Waals surface area contributed by atoms with Gasteiger partial charge in [0.15, 0.2) is 23.2 Å². The van der Waals surface area contributed by atoms with Crippen molar-refractivity contribution in [2.75, 3.05) is 36.0 Å². The average Bonchev–Trinajstić information content (AvgIpc) is 2.89. The predicted octanol–water partition coefficient (Wildman–Crippen LogP) is 5.66. The average molecular weight is 508 g/mol. The van der Waals surface area contributed by atoms with Crippen molar-refractivity contribution in [3.05, 3.63) is 90.0 Å². The first-order valence-electron chi connectivity index (χ1n) is 11.7. The molecule has 3 aromatic carbocycles. The number of hydrogen-bond donors (Lipinski definition) is 2. The first kappa shape index (κ1) is 30.8. The molecule has 3 rings (SSSR count). The van der Waals surface area contributed by atoms with Gasteiger partial charge in [-0.25, -0.2) is 13.2 Å². The molecule has 5 nitrogen and oxygen atoms in total. The lowest BCUT2D eigenvalue weighted by Crippen LogP contribution is -2.22. The maximum Gasteiger partial charge on any atom is 0.707 e. The minimum atomic E-state index is -2.52. The van der Waals surface area contributed by atoms with Gasteiger partial charge in [0.1, 0.15) is 0 Å². The van der Waals surface area contributed by atoms with E-state index in [-0.39, 0.29) is 6.07 Å². The van der Waals surface area contributed by atoms with Gasteiger partial charge in [0.25, 0.3) is 0 Å². The normalized spacial score (nSPS) is 9.83. The number of anilines is 2. The topological polar surface area (TPSA) is 56.2 Å². The van der Waals surface area contributed by atoms with Gasteiger partial charge < -0.3 is 24.5 Å². The van der Waals surface area contributed by atoms with Gasteiger partial charge in [-0.15, -0.1) is 0 Å². The van der Waals surface area contributed by atoms with Crippen LogP contribution in [0.5, 0.6) is 5.75 Å².